The van der Waals surface area contributed by atoms with Crippen LogP contribution in [0.1, 0.15) is 31.7 Å². The minimum absolute atomic E-state index is 0.00895. The monoisotopic (exact) mass is 328 g/mol. The summed E-state index contributed by atoms with van der Waals surface area (Å²) in [5, 5.41) is 7.04. The average Bonchev–Trinajstić information content (AvgIpc) is 2.55. The van der Waals surface area contributed by atoms with Crippen LogP contribution in [0.4, 0.5) is 0 Å². The Kier molecular flexibility index (Phi) is 4.94. The van der Waals surface area contributed by atoms with Gasteiger partial charge in [0.1, 0.15) is 0 Å². The van der Waals surface area contributed by atoms with Gasteiger partial charge in [-0.15, -0.1) is 0 Å². The first kappa shape index (κ1) is 16.6. The number of hydrogen-bond acceptors (Lipinski definition) is 4. The minimum Gasteiger partial charge on any atom is -0.353 e. The largest absolute Gasteiger partial charge is 0.353 e. The van der Waals surface area contributed by atoms with Crippen molar-refractivity contribution in [3.63, 3.8) is 0 Å². The number of nitrogens with one attached hydrogen (secondary N) is 2. The molecule has 1 aliphatic rings. The molecule has 2 aromatic rings. The fourth-order valence-electron chi connectivity index (χ4n) is 3.28. The molecule has 2 N–H and O–H groups in total. The summed E-state index contributed by atoms with van der Waals surface area (Å²) in [5.74, 6) is -0.00895. The van der Waals surface area contributed by atoms with Crippen LogP contribution < -0.4 is 16.2 Å². The first-order valence-corrected chi connectivity index (χ1v) is 8.52. The molecule has 0 bridgehead atoms. The number of carbonyl (C=O) groups excluding carboxylic acids is 1. The maximum absolute atomic E-state index is 12.5. The van der Waals surface area contributed by atoms with Crippen molar-refractivity contribution >= 4 is 16.8 Å². The van der Waals surface area contributed by atoms with E-state index in [1.54, 1.807) is 6.07 Å². The number of fused-ring (bicyclic) bond motifs is 1. The summed E-state index contributed by atoms with van der Waals surface area (Å²) in [4.78, 5) is 29.0. The van der Waals surface area contributed by atoms with E-state index < -0.39 is 0 Å². The minimum atomic E-state index is -0.0908. The summed E-state index contributed by atoms with van der Waals surface area (Å²) in [6.45, 7) is 5.34. The molecule has 128 valence electrons. The van der Waals surface area contributed by atoms with Gasteiger partial charge in [0.15, 0.2) is 0 Å². The number of piperidine rings is 1. The average molecular weight is 328 g/mol. The Labute approximate surface area is 141 Å². The van der Waals surface area contributed by atoms with Crippen molar-refractivity contribution in [1.82, 2.24) is 20.2 Å². The molecular weight excluding hydrogens is 304 g/mol. The lowest BCUT2D eigenvalue weighted by molar-refractivity contribution is -0.122. The summed E-state index contributed by atoms with van der Waals surface area (Å²) < 4.78 is 1.52. The molecule has 1 fully saturated rings. The van der Waals surface area contributed by atoms with Crippen molar-refractivity contribution in [1.29, 1.82) is 0 Å². The summed E-state index contributed by atoms with van der Waals surface area (Å²) in [6.07, 6.45) is 3.73. The second-order valence-electron chi connectivity index (χ2n) is 6.61. The molecule has 0 spiro atoms. The van der Waals surface area contributed by atoms with Crippen molar-refractivity contribution in [2.45, 2.75) is 51.7 Å². The van der Waals surface area contributed by atoms with E-state index >= 15 is 0 Å². The van der Waals surface area contributed by atoms with Crippen LogP contribution in [0.15, 0.2) is 29.3 Å². The Morgan fingerprint density at radius 3 is 3.08 bits per heavy atom. The van der Waals surface area contributed by atoms with Crippen LogP contribution in [0, 0.1) is 6.92 Å². The molecule has 1 aromatic heterocycles. The van der Waals surface area contributed by atoms with Gasteiger partial charge in [0.2, 0.25) is 5.91 Å². The highest BCUT2D eigenvalue weighted by Gasteiger charge is 2.19. The van der Waals surface area contributed by atoms with Gasteiger partial charge in [-0.1, -0.05) is 12.1 Å². The molecule has 6 nitrogen and oxygen atoms in total. The highest BCUT2D eigenvalue weighted by Crippen LogP contribution is 2.11. The maximum Gasteiger partial charge on any atom is 0.261 e. The van der Waals surface area contributed by atoms with Gasteiger partial charge in [-0.3, -0.25) is 14.2 Å². The number of para-hydroxylation sites is 1. The smallest absolute Gasteiger partial charge is 0.261 e. The maximum atomic E-state index is 12.5. The van der Waals surface area contributed by atoms with Gasteiger partial charge in [-0.25, -0.2) is 4.98 Å². The molecule has 3 rings (SSSR count). The Morgan fingerprint density at radius 2 is 2.29 bits per heavy atom. The van der Waals surface area contributed by atoms with E-state index in [1.807, 2.05) is 19.1 Å². The molecule has 2 atom stereocenters. The molecule has 0 saturated carbocycles. The summed E-state index contributed by atoms with van der Waals surface area (Å²) >= 11 is 0. The van der Waals surface area contributed by atoms with Crippen LogP contribution in [0.3, 0.4) is 0 Å². The normalized spacial score (nSPS) is 20.9. The Balaban J connectivity index is 1.64. The molecule has 6 heteroatoms. The number of aryl methyl sites for hydroxylation is 2. The quantitative estimate of drug-likeness (QED) is 0.888. The molecule has 1 aromatic carbocycles. The SMILES string of the molecule is Cc1cccc2c(=O)n(CCC(=O)NC3CCNC(C)C3)cnc12. The predicted molar refractivity (Wildman–Crippen MR) is 94.0 cm³/mol. The van der Waals surface area contributed by atoms with Gasteiger partial charge in [0.05, 0.1) is 17.2 Å². The molecule has 1 saturated heterocycles. The van der Waals surface area contributed by atoms with Crippen LogP contribution in [0.2, 0.25) is 0 Å². The van der Waals surface area contributed by atoms with E-state index in [2.05, 4.69) is 22.5 Å². The number of rotatable bonds is 4. The Bertz CT molecular complexity index is 799. The van der Waals surface area contributed by atoms with Crippen LogP contribution in [0.5, 0.6) is 0 Å². The van der Waals surface area contributed by atoms with Gasteiger partial charge in [0, 0.05) is 25.0 Å². The molecule has 0 radical (unpaired) electrons. The van der Waals surface area contributed by atoms with E-state index in [-0.39, 0.29) is 23.9 Å². The van der Waals surface area contributed by atoms with E-state index in [0.717, 1.165) is 30.5 Å². The van der Waals surface area contributed by atoms with Crippen molar-refractivity contribution in [3.8, 4) is 0 Å². The third-order valence-electron chi connectivity index (χ3n) is 4.62. The Morgan fingerprint density at radius 1 is 1.46 bits per heavy atom. The first-order valence-electron chi connectivity index (χ1n) is 8.52. The lowest BCUT2D eigenvalue weighted by atomic mass is 10.0. The zero-order chi connectivity index (χ0) is 17.1. The lowest BCUT2D eigenvalue weighted by Crippen LogP contribution is -2.46. The van der Waals surface area contributed by atoms with E-state index in [4.69, 9.17) is 0 Å². The number of hydrogen-bond donors (Lipinski definition) is 2. The summed E-state index contributed by atoms with van der Waals surface area (Å²) in [5.41, 5.74) is 1.62. The highest BCUT2D eigenvalue weighted by molar-refractivity contribution is 5.80. The lowest BCUT2D eigenvalue weighted by Gasteiger charge is -2.28. The number of carbonyl (C=O) groups is 1. The van der Waals surface area contributed by atoms with E-state index in [1.165, 1.54) is 10.9 Å². The molecule has 24 heavy (non-hydrogen) atoms. The van der Waals surface area contributed by atoms with E-state index in [9.17, 15) is 9.59 Å². The summed E-state index contributed by atoms with van der Waals surface area (Å²) in [7, 11) is 0. The van der Waals surface area contributed by atoms with Crippen LogP contribution in [-0.4, -0.2) is 34.1 Å². The van der Waals surface area contributed by atoms with Crippen LogP contribution in [0.25, 0.3) is 10.9 Å². The first-order chi connectivity index (χ1) is 11.5. The number of nitrogens with zero attached hydrogens (tertiary/aromatic N) is 2. The van der Waals surface area contributed by atoms with Gasteiger partial charge >= 0.3 is 0 Å². The molecule has 2 unspecified atom stereocenters. The number of amides is 1. The molecule has 1 amide bonds. The standard InChI is InChI=1S/C18H24N4O2/c1-12-4-3-5-15-17(12)20-11-22(18(15)24)9-7-16(23)21-14-6-8-19-13(2)10-14/h3-5,11,13-14,19H,6-10H2,1-2H3,(H,21,23). The highest BCUT2D eigenvalue weighted by atomic mass is 16.2. The molecule has 1 aliphatic heterocycles. The third-order valence-corrected chi connectivity index (χ3v) is 4.62. The molecular formula is C18H24N4O2. The predicted octanol–water partition coefficient (Wildman–Crippen LogP) is 1.35. The van der Waals surface area contributed by atoms with Crippen molar-refractivity contribution in [2.75, 3.05) is 6.54 Å². The second kappa shape index (κ2) is 7.13. The summed E-state index contributed by atoms with van der Waals surface area (Å²) in [6, 6.07) is 6.23. The van der Waals surface area contributed by atoms with Gasteiger partial charge in [0.25, 0.3) is 5.56 Å². The van der Waals surface area contributed by atoms with Crippen molar-refractivity contribution in [2.24, 2.45) is 0 Å². The second-order valence-corrected chi connectivity index (χ2v) is 6.61. The Hall–Kier alpha value is -2.21. The van der Waals surface area contributed by atoms with Crippen molar-refractivity contribution in [3.05, 3.63) is 40.4 Å². The van der Waals surface area contributed by atoms with E-state index in [0.29, 0.717) is 18.0 Å². The zero-order valence-electron chi connectivity index (χ0n) is 14.2. The number of aromatic nitrogens is 2. The van der Waals surface area contributed by atoms with Crippen LogP contribution in [-0.2, 0) is 11.3 Å². The number of benzene rings is 1. The van der Waals surface area contributed by atoms with Gasteiger partial charge in [-0.2, -0.15) is 0 Å². The van der Waals surface area contributed by atoms with Gasteiger partial charge < -0.3 is 10.6 Å². The molecule has 2 heterocycles. The zero-order valence-corrected chi connectivity index (χ0v) is 14.2. The fraction of sp³-hybridized carbons (Fsp3) is 0.500. The van der Waals surface area contributed by atoms with Crippen LogP contribution >= 0.6 is 0 Å². The van der Waals surface area contributed by atoms with Crippen molar-refractivity contribution < 1.29 is 4.79 Å². The molecule has 0 aliphatic carbocycles. The third kappa shape index (κ3) is 3.64. The fourth-order valence-corrected chi connectivity index (χ4v) is 3.28. The topological polar surface area (TPSA) is 76.0 Å². The van der Waals surface area contributed by atoms with Gasteiger partial charge in [-0.05, 0) is 44.9 Å².